The van der Waals surface area contributed by atoms with Crippen LogP contribution in [0.25, 0.3) is 10.9 Å². The molecule has 2 aromatic carbocycles. The van der Waals surface area contributed by atoms with Crippen LogP contribution in [0.15, 0.2) is 59.7 Å². The van der Waals surface area contributed by atoms with E-state index in [1.807, 2.05) is 37.3 Å². The summed E-state index contributed by atoms with van der Waals surface area (Å²) in [6, 6.07) is 16.6. The van der Waals surface area contributed by atoms with Crippen molar-refractivity contribution >= 4 is 23.0 Å². The second-order valence-corrected chi connectivity index (χ2v) is 5.26. The summed E-state index contributed by atoms with van der Waals surface area (Å²) in [5, 5.41) is 15.0. The molecule has 0 saturated heterocycles. The molecule has 0 fully saturated rings. The zero-order chi connectivity index (χ0) is 16.2. The van der Waals surface area contributed by atoms with E-state index in [1.54, 1.807) is 30.5 Å². The van der Waals surface area contributed by atoms with Crippen molar-refractivity contribution in [1.29, 1.82) is 0 Å². The lowest BCUT2D eigenvalue weighted by Crippen LogP contribution is -2.25. The molecule has 0 radical (unpaired) electrons. The van der Waals surface area contributed by atoms with Crippen molar-refractivity contribution in [3.05, 3.63) is 71.4 Å². The van der Waals surface area contributed by atoms with Gasteiger partial charge in [-0.1, -0.05) is 48.5 Å². The molecular weight excluding hydrogens is 290 g/mol. The second-order valence-electron chi connectivity index (χ2n) is 5.26. The van der Waals surface area contributed by atoms with Gasteiger partial charge in [0.15, 0.2) is 6.10 Å². The summed E-state index contributed by atoms with van der Waals surface area (Å²) in [7, 11) is 0. The van der Waals surface area contributed by atoms with Crippen LogP contribution in [0, 0.1) is 6.92 Å². The monoisotopic (exact) mass is 307 g/mol. The van der Waals surface area contributed by atoms with Crippen LogP contribution in [0.5, 0.6) is 0 Å². The number of nitrogens with one attached hydrogen (secondary N) is 2. The standard InChI is InChI=1S/C18H17N3O2/c1-12-15(14-9-5-6-10-16(14)20-12)11-19-21-18(23)17(22)13-7-3-2-4-8-13/h2-11,17,20,22H,1H3,(H,21,23)/t17-/m1/s1. The number of carbonyl (C=O) groups excluding carboxylic acids is 1. The number of hydrogen-bond acceptors (Lipinski definition) is 3. The fourth-order valence-electron chi connectivity index (χ4n) is 2.47. The minimum Gasteiger partial charge on any atom is -0.378 e. The summed E-state index contributed by atoms with van der Waals surface area (Å²) in [5.74, 6) is -0.565. The Morgan fingerprint density at radius 3 is 2.65 bits per heavy atom. The number of amides is 1. The quantitative estimate of drug-likeness (QED) is 0.512. The number of carbonyl (C=O) groups is 1. The number of aryl methyl sites for hydroxylation is 1. The highest BCUT2D eigenvalue weighted by atomic mass is 16.3. The Bertz CT molecular complexity index is 853. The maximum absolute atomic E-state index is 11.9. The van der Waals surface area contributed by atoms with Gasteiger partial charge >= 0.3 is 0 Å². The maximum atomic E-state index is 11.9. The third-order valence-electron chi connectivity index (χ3n) is 3.68. The highest BCUT2D eigenvalue weighted by Gasteiger charge is 2.16. The van der Waals surface area contributed by atoms with Crippen molar-refractivity contribution in [2.45, 2.75) is 13.0 Å². The van der Waals surface area contributed by atoms with E-state index in [1.165, 1.54) is 0 Å². The molecule has 116 valence electrons. The molecule has 0 aliphatic heterocycles. The molecule has 3 N–H and O–H groups in total. The van der Waals surface area contributed by atoms with Crippen molar-refractivity contribution < 1.29 is 9.90 Å². The summed E-state index contributed by atoms with van der Waals surface area (Å²) in [6.07, 6.45) is 0.349. The Hall–Kier alpha value is -2.92. The van der Waals surface area contributed by atoms with Gasteiger partial charge < -0.3 is 10.1 Å². The number of H-pyrrole nitrogens is 1. The first-order chi connectivity index (χ1) is 11.2. The molecule has 0 unspecified atom stereocenters. The fraction of sp³-hybridized carbons (Fsp3) is 0.111. The highest BCUT2D eigenvalue weighted by molar-refractivity contribution is 6.00. The minimum absolute atomic E-state index is 0.531. The number of fused-ring (bicyclic) bond motifs is 1. The van der Waals surface area contributed by atoms with Crippen LogP contribution >= 0.6 is 0 Å². The summed E-state index contributed by atoms with van der Waals surface area (Å²) < 4.78 is 0. The lowest BCUT2D eigenvalue weighted by molar-refractivity contribution is -0.129. The Morgan fingerprint density at radius 1 is 1.17 bits per heavy atom. The van der Waals surface area contributed by atoms with Gasteiger partial charge in [-0.05, 0) is 18.6 Å². The molecule has 0 aliphatic carbocycles. The van der Waals surface area contributed by atoms with Crippen molar-refractivity contribution in [2.24, 2.45) is 5.10 Å². The van der Waals surface area contributed by atoms with E-state index in [0.717, 1.165) is 22.2 Å². The zero-order valence-corrected chi connectivity index (χ0v) is 12.7. The number of aromatic amines is 1. The summed E-state index contributed by atoms with van der Waals surface area (Å²) >= 11 is 0. The molecule has 1 aromatic heterocycles. The first-order valence-corrected chi connectivity index (χ1v) is 7.30. The fourth-order valence-corrected chi connectivity index (χ4v) is 2.47. The SMILES string of the molecule is Cc1[nH]c2ccccc2c1C=NNC(=O)[C@H](O)c1ccccc1. The van der Waals surface area contributed by atoms with Crippen molar-refractivity contribution in [2.75, 3.05) is 0 Å². The molecular formula is C18H17N3O2. The number of hydrazone groups is 1. The molecule has 3 rings (SSSR count). The van der Waals surface area contributed by atoms with E-state index < -0.39 is 12.0 Å². The number of nitrogens with zero attached hydrogens (tertiary/aromatic N) is 1. The first kappa shape index (κ1) is 15.0. The lowest BCUT2D eigenvalue weighted by Gasteiger charge is -2.08. The predicted molar refractivity (Wildman–Crippen MR) is 90.2 cm³/mol. The second kappa shape index (κ2) is 6.46. The number of aliphatic hydroxyl groups excluding tert-OH is 1. The van der Waals surface area contributed by atoms with Gasteiger partial charge in [0.1, 0.15) is 0 Å². The predicted octanol–water partition coefficient (Wildman–Crippen LogP) is 2.66. The molecule has 0 aliphatic rings. The number of para-hydroxylation sites is 1. The molecule has 0 saturated carbocycles. The van der Waals surface area contributed by atoms with Crippen LogP contribution in [0.1, 0.15) is 22.9 Å². The van der Waals surface area contributed by atoms with Gasteiger partial charge in [0.2, 0.25) is 0 Å². The van der Waals surface area contributed by atoms with Gasteiger partial charge in [0.05, 0.1) is 6.21 Å². The molecule has 23 heavy (non-hydrogen) atoms. The number of aromatic nitrogens is 1. The minimum atomic E-state index is -1.24. The molecule has 0 spiro atoms. The summed E-state index contributed by atoms with van der Waals surface area (Å²) in [6.45, 7) is 1.95. The molecule has 1 heterocycles. The van der Waals surface area contributed by atoms with Crippen LogP contribution < -0.4 is 5.43 Å². The normalized spacial score (nSPS) is 12.6. The van der Waals surface area contributed by atoms with E-state index >= 15 is 0 Å². The third kappa shape index (κ3) is 3.14. The smallest absolute Gasteiger partial charge is 0.273 e. The molecule has 1 amide bonds. The third-order valence-corrected chi connectivity index (χ3v) is 3.68. The summed E-state index contributed by atoms with van der Waals surface area (Å²) in [5.41, 5.74) is 5.80. The Kier molecular flexibility index (Phi) is 4.21. The average molecular weight is 307 g/mol. The van der Waals surface area contributed by atoms with Gasteiger partial charge in [-0.3, -0.25) is 4.79 Å². The van der Waals surface area contributed by atoms with Crippen LogP contribution in [0.3, 0.4) is 0 Å². The van der Waals surface area contributed by atoms with Crippen LogP contribution in [-0.4, -0.2) is 22.2 Å². The van der Waals surface area contributed by atoms with Crippen molar-refractivity contribution in [3.8, 4) is 0 Å². The molecule has 5 nitrogen and oxygen atoms in total. The van der Waals surface area contributed by atoms with Crippen molar-refractivity contribution in [3.63, 3.8) is 0 Å². The largest absolute Gasteiger partial charge is 0.378 e. The van der Waals surface area contributed by atoms with Gasteiger partial charge in [0.25, 0.3) is 5.91 Å². The van der Waals surface area contributed by atoms with Gasteiger partial charge in [0, 0.05) is 22.2 Å². The maximum Gasteiger partial charge on any atom is 0.273 e. The number of rotatable bonds is 4. The first-order valence-electron chi connectivity index (χ1n) is 7.30. The van der Waals surface area contributed by atoms with Crippen LogP contribution in [0.2, 0.25) is 0 Å². The van der Waals surface area contributed by atoms with E-state index in [-0.39, 0.29) is 0 Å². The number of aliphatic hydroxyl groups is 1. The Balaban J connectivity index is 1.73. The van der Waals surface area contributed by atoms with E-state index in [4.69, 9.17) is 0 Å². The van der Waals surface area contributed by atoms with Crippen LogP contribution in [-0.2, 0) is 4.79 Å². The number of hydrogen-bond donors (Lipinski definition) is 3. The van der Waals surface area contributed by atoms with Gasteiger partial charge in [-0.15, -0.1) is 0 Å². The Labute approximate surface area is 133 Å². The topological polar surface area (TPSA) is 77.5 Å². The van der Waals surface area contributed by atoms with Crippen LogP contribution in [0.4, 0.5) is 0 Å². The summed E-state index contributed by atoms with van der Waals surface area (Å²) in [4.78, 5) is 15.2. The van der Waals surface area contributed by atoms with Gasteiger partial charge in [-0.2, -0.15) is 5.10 Å². The van der Waals surface area contributed by atoms with E-state index in [2.05, 4.69) is 15.5 Å². The molecule has 0 bridgehead atoms. The lowest BCUT2D eigenvalue weighted by atomic mass is 10.1. The molecule has 5 heteroatoms. The van der Waals surface area contributed by atoms with E-state index in [9.17, 15) is 9.90 Å². The number of benzene rings is 2. The van der Waals surface area contributed by atoms with E-state index in [0.29, 0.717) is 5.56 Å². The van der Waals surface area contributed by atoms with Gasteiger partial charge in [-0.25, -0.2) is 5.43 Å². The molecule has 1 atom stereocenters. The Morgan fingerprint density at radius 2 is 1.87 bits per heavy atom. The highest BCUT2D eigenvalue weighted by Crippen LogP contribution is 2.19. The zero-order valence-electron chi connectivity index (χ0n) is 12.7. The molecule has 3 aromatic rings. The van der Waals surface area contributed by atoms with Crippen molar-refractivity contribution in [1.82, 2.24) is 10.4 Å². The average Bonchev–Trinajstić information content (AvgIpc) is 2.90.